The first-order valence-corrected chi connectivity index (χ1v) is 7.96. The standard InChI is InChI=1S/C15H17N3O4S.ClH/c1-20-10(6-16)5-14(19)18-15-17-11(7-23-15)9-2-3-12-13(4-9)22-8-21-12;/h2-4,7,10H,5-6,8,16H2,1H3,(H,17,18,19);1H. The van der Waals surface area contributed by atoms with Crippen molar-refractivity contribution in [3.8, 4) is 22.8 Å². The van der Waals surface area contributed by atoms with Gasteiger partial charge in [0.05, 0.1) is 18.2 Å². The average molecular weight is 372 g/mol. The number of carbonyl (C=O) groups is 1. The maximum absolute atomic E-state index is 11.9. The van der Waals surface area contributed by atoms with Crippen LogP contribution in [-0.4, -0.2) is 37.4 Å². The van der Waals surface area contributed by atoms with Crippen LogP contribution in [0.15, 0.2) is 23.6 Å². The zero-order valence-corrected chi connectivity index (χ0v) is 14.6. The number of nitrogens with one attached hydrogen (secondary N) is 1. The van der Waals surface area contributed by atoms with Crippen molar-refractivity contribution in [2.75, 3.05) is 25.8 Å². The van der Waals surface area contributed by atoms with Gasteiger partial charge in [0.25, 0.3) is 0 Å². The highest BCUT2D eigenvalue weighted by molar-refractivity contribution is 7.14. The molecule has 1 amide bonds. The molecule has 1 unspecified atom stereocenters. The van der Waals surface area contributed by atoms with Crippen LogP contribution in [0, 0.1) is 0 Å². The lowest BCUT2D eigenvalue weighted by molar-refractivity contribution is -0.118. The van der Waals surface area contributed by atoms with Crippen molar-refractivity contribution < 1.29 is 19.0 Å². The normalized spacial score (nSPS) is 13.2. The van der Waals surface area contributed by atoms with Crippen LogP contribution >= 0.6 is 23.7 Å². The van der Waals surface area contributed by atoms with E-state index in [0.717, 1.165) is 17.0 Å². The third-order valence-corrected chi connectivity index (χ3v) is 4.19. The molecule has 2 aromatic rings. The molecule has 130 valence electrons. The Morgan fingerprint density at radius 3 is 3.00 bits per heavy atom. The molecule has 24 heavy (non-hydrogen) atoms. The Bertz CT molecular complexity index is 706. The van der Waals surface area contributed by atoms with E-state index < -0.39 is 0 Å². The molecule has 0 aliphatic carbocycles. The number of fused-ring (bicyclic) bond motifs is 1. The SMILES string of the molecule is COC(CN)CC(=O)Nc1nc(-c2ccc3c(c2)OCO3)cs1.Cl. The number of hydrogen-bond donors (Lipinski definition) is 2. The number of ether oxygens (including phenoxy) is 3. The summed E-state index contributed by atoms with van der Waals surface area (Å²) in [6.45, 7) is 0.531. The van der Waals surface area contributed by atoms with E-state index in [1.807, 2.05) is 23.6 Å². The van der Waals surface area contributed by atoms with Crippen molar-refractivity contribution in [1.82, 2.24) is 4.98 Å². The number of anilines is 1. The number of nitrogens with zero attached hydrogens (tertiary/aromatic N) is 1. The van der Waals surface area contributed by atoms with E-state index in [9.17, 15) is 4.79 Å². The smallest absolute Gasteiger partial charge is 0.231 e. The fourth-order valence-electron chi connectivity index (χ4n) is 2.16. The molecule has 0 bridgehead atoms. The summed E-state index contributed by atoms with van der Waals surface area (Å²) in [5.41, 5.74) is 7.18. The molecule has 0 radical (unpaired) electrons. The summed E-state index contributed by atoms with van der Waals surface area (Å²) < 4.78 is 15.7. The molecular weight excluding hydrogens is 354 g/mol. The van der Waals surface area contributed by atoms with E-state index in [0.29, 0.717) is 17.4 Å². The van der Waals surface area contributed by atoms with E-state index in [1.165, 1.54) is 18.4 Å². The monoisotopic (exact) mass is 371 g/mol. The maximum atomic E-state index is 11.9. The minimum atomic E-state index is -0.289. The summed E-state index contributed by atoms with van der Waals surface area (Å²) in [4.78, 5) is 16.3. The first-order valence-electron chi connectivity index (χ1n) is 7.08. The third kappa shape index (κ3) is 4.15. The van der Waals surface area contributed by atoms with Gasteiger partial charge >= 0.3 is 0 Å². The number of amides is 1. The fourth-order valence-corrected chi connectivity index (χ4v) is 2.90. The topological polar surface area (TPSA) is 95.7 Å². The highest BCUT2D eigenvalue weighted by atomic mass is 35.5. The Labute approximate surface area is 149 Å². The van der Waals surface area contributed by atoms with Crippen molar-refractivity contribution in [3.05, 3.63) is 23.6 Å². The van der Waals surface area contributed by atoms with Gasteiger partial charge in [0, 0.05) is 24.6 Å². The summed E-state index contributed by atoms with van der Waals surface area (Å²) >= 11 is 1.36. The molecule has 1 aliphatic rings. The second-order valence-electron chi connectivity index (χ2n) is 4.95. The first-order chi connectivity index (χ1) is 11.2. The summed E-state index contributed by atoms with van der Waals surface area (Å²) in [6, 6.07) is 5.63. The number of methoxy groups -OCH3 is 1. The largest absolute Gasteiger partial charge is 0.454 e. The van der Waals surface area contributed by atoms with Crippen LogP contribution in [0.5, 0.6) is 11.5 Å². The second-order valence-corrected chi connectivity index (χ2v) is 5.81. The zero-order chi connectivity index (χ0) is 16.2. The number of carbonyl (C=O) groups excluding carboxylic acids is 1. The van der Waals surface area contributed by atoms with Crippen LogP contribution in [0.2, 0.25) is 0 Å². The summed E-state index contributed by atoms with van der Waals surface area (Å²) in [5.74, 6) is 1.26. The first kappa shape index (κ1) is 18.5. The Balaban J connectivity index is 0.00000208. The molecule has 1 aromatic carbocycles. The average Bonchev–Trinajstić information content (AvgIpc) is 3.20. The number of benzene rings is 1. The third-order valence-electron chi connectivity index (χ3n) is 3.43. The van der Waals surface area contributed by atoms with E-state index in [-0.39, 0.29) is 37.6 Å². The van der Waals surface area contributed by atoms with Crippen LogP contribution in [0.3, 0.4) is 0 Å². The van der Waals surface area contributed by atoms with Gasteiger partial charge in [0.15, 0.2) is 16.6 Å². The minimum Gasteiger partial charge on any atom is -0.454 e. The lowest BCUT2D eigenvalue weighted by atomic mass is 10.1. The van der Waals surface area contributed by atoms with Crippen molar-refractivity contribution >= 4 is 34.8 Å². The molecule has 3 rings (SSSR count). The van der Waals surface area contributed by atoms with E-state index in [2.05, 4.69) is 10.3 Å². The summed E-state index contributed by atoms with van der Waals surface area (Å²) in [7, 11) is 1.53. The quantitative estimate of drug-likeness (QED) is 0.808. The molecular formula is C15H18ClN3O4S. The summed E-state index contributed by atoms with van der Waals surface area (Å²) in [6.07, 6.45) is -0.0883. The predicted octanol–water partition coefficient (Wildman–Crippen LogP) is 2.26. The van der Waals surface area contributed by atoms with Crippen LogP contribution in [0.1, 0.15) is 6.42 Å². The Morgan fingerprint density at radius 1 is 1.46 bits per heavy atom. The van der Waals surface area contributed by atoms with Crippen molar-refractivity contribution in [2.45, 2.75) is 12.5 Å². The van der Waals surface area contributed by atoms with Gasteiger partial charge in [0.1, 0.15) is 0 Å². The highest BCUT2D eigenvalue weighted by Crippen LogP contribution is 2.36. The van der Waals surface area contributed by atoms with Crippen LogP contribution in [0.4, 0.5) is 5.13 Å². The Hall–Kier alpha value is -1.87. The number of aromatic nitrogens is 1. The molecule has 7 nitrogen and oxygen atoms in total. The van der Waals surface area contributed by atoms with Gasteiger partial charge in [-0.25, -0.2) is 4.98 Å². The second kappa shape index (κ2) is 8.29. The van der Waals surface area contributed by atoms with E-state index >= 15 is 0 Å². The zero-order valence-electron chi connectivity index (χ0n) is 13.0. The molecule has 3 N–H and O–H groups in total. The Kier molecular flexibility index (Phi) is 6.38. The fraction of sp³-hybridized carbons (Fsp3) is 0.333. The molecule has 1 aromatic heterocycles. The number of rotatable bonds is 6. The van der Waals surface area contributed by atoms with Gasteiger partial charge < -0.3 is 25.3 Å². The lowest BCUT2D eigenvalue weighted by Gasteiger charge is -2.11. The molecule has 1 atom stereocenters. The van der Waals surface area contributed by atoms with Crippen LogP contribution < -0.4 is 20.5 Å². The number of hydrogen-bond acceptors (Lipinski definition) is 7. The molecule has 0 saturated carbocycles. The molecule has 9 heteroatoms. The van der Waals surface area contributed by atoms with E-state index in [1.54, 1.807) is 0 Å². The molecule has 1 aliphatic heterocycles. The summed E-state index contributed by atoms with van der Waals surface area (Å²) in [5, 5.41) is 5.18. The van der Waals surface area contributed by atoms with Crippen molar-refractivity contribution in [2.24, 2.45) is 5.73 Å². The van der Waals surface area contributed by atoms with Crippen LogP contribution in [-0.2, 0) is 9.53 Å². The van der Waals surface area contributed by atoms with Gasteiger partial charge in [-0.15, -0.1) is 23.7 Å². The molecule has 2 heterocycles. The van der Waals surface area contributed by atoms with Gasteiger partial charge in [-0.1, -0.05) is 0 Å². The van der Waals surface area contributed by atoms with Gasteiger partial charge in [-0.2, -0.15) is 0 Å². The molecule has 0 fully saturated rings. The Morgan fingerprint density at radius 2 is 2.25 bits per heavy atom. The van der Waals surface area contributed by atoms with Crippen molar-refractivity contribution in [1.29, 1.82) is 0 Å². The number of halogens is 1. The van der Waals surface area contributed by atoms with Crippen molar-refractivity contribution in [3.63, 3.8) is 0 Å². The highest BCUT2D eigenvalue weighted by Gasteiger charge is 2.16. The lowest BCUT2D eigenvalue weighted by Crippen LogP contribution is -2.28. The van der Waals surface area contributed by atoms with Gasteiger partial charge in [0.2, 0.25) is 12.7 Å². The number of thiazole rings is 1. The van der Waals surface area contributed by atoms with Gasteiger partial charge in [-0.3, -0.25) is 4.79 Å². The maximum Gasteiger partial charge on any atom is 0.231 e. The van der Waals surface area contributed by atoms with E-state index in [4.69, 9.17) is 19.9 Å². The predicted molar refractivity (Wildman–Crippen MR) is 94.0 cm³/mol. The van der Waals surface area contributed by atoms with Gasteiger partial charge in [-0.05, 0) is 18.2 Å². The molecule has 0 saturated heterocycles. The minimum absolute atomic E-state index is 0. The number of nitrogens with two attached hydrogens (primary N) is 1. The van der Waals surface area contributed by atoms with Crippen LogP contribution in [0.25, 0.3) is 11.3 Å². The molecule has 0 spiro atoms.